The first-order valence-electron chi connectivity index (χ1n) is 8.01. The van der Waals surface area contributed by atoms with E-state index in [0.717, 1.165) is 6.07 Å². The molecule has 0 spiro atoms. The zero-order valence-electron chi connectivity index (χ0n) is 14.4. The Balaban J connectivity index is 1.95. The van der Waals surface area contributed by atoms with Gasteiger partial charge in [-0.1, -0.05) is 0 Å². The molecule has 25 heavy (non-hydrogen) atoms. The van der Waals surface area contributed by atoms with Crippen molar-refractivity contribution < 1.29 is 23.1 Å². The van der Waals surface area contributed by atoms with Gasteiger partial charge in [-0.05, 0) is 68.3 Å². The molecular formula is C17H21F2IN2O3. The number of amides is 2. The number of carbonyl (C=O) groups excluding carboxylic acids is 2. The van der Waals surface area contributed by atoms with E-state index in [9.17, 15) is 18.4 Å². The summed E-state index contributed by atoms with van der Waals surface area (Å²) in [6.07, 6.45) is 0.489. The smallest absolute Gasteiger partial charge is 0.407 e. The minimum absolute atomic E-state index is 0.135. The molecule has 2 rings (SSSR count). The number of nitrogens with zero attached hydrogens (tertiary/aromatic N) is 1. The Hall–Kier alpha value is -1.45. The van der Waals surface area contributed by atoms with Gasteiger partial charge in [0.2, 0.25) is 0 Å². The Bertz CT molecular complexity index is 669. The highest BCUT2D eigenvalue weighted by Crippen LogP contribution is 2.22. The maximum atomic E-state index is 14.1. The number of carbonyl (C=O) groups is 2. The van der Waals surface area contributed by atoms with E-state index < -0.39 is 34.8 Å². The minimum Gasteiger partial charge on any atom is -0.444 e. The number of nitrogens with one attached hydrogen (secondary N) is 1. The normalized spacial score (nSPS) is 15.8. The van der Waals surface area contributed by atoms with Crippen LogP contribution in [-0.2, 0) is 4.74 Å². The molecule has 0 aromatic heterocycles. The molecule has 1 aromatic rings. The third kappa shape index (κ3) is 5.26. The molecule has 8 heteroatoms. The van der Waals surface area contributed by atoms with Gasteiger partial charge in [0, 0.05) is 22.7 Å². The van der Waals surface area contributed by atoms with Crippen LogP contribution in [0.4, 0.5) is 13.6 Å². The SMILES string of the molecule is CC(C)(C)OC(=O)NC1CCN(C(=O)c2c(F)ccc(I)c2F)CC1. The Morgan fingerprint density at radius 1 is 1.24 bits per heavy atom. The number of hydrogen-bond acceptors (Lipinski definition) is 3. The molecule has 0 atom stereocenters. The molecule has 1 N–H and O–H groups in total. The van der Waals surface area contributed by atoms with Crippen LogP contribution in [0.5, 0.6) is 0 Å². The fourth-order valence-electron chi connectivity index (χ4n) is 2.58. The van der Waals surface area contributed by atoms with Crippen molar-refractivity contribution in [1.29, 1.82) is 0 Å². The van der Waals surface area contributed by atoms with Gasteiger partial charge in [0.05, 0.1) is 0 Å². The largest absolute Gasteiger partial charge is 0.444 e. The fraction of sp³-hybridized carbons (Fsp3) is 0.529. The standard InChI is InChI=1S/C17H21F2IN2O3/c1-17(2,3)25-16(24)21-10-6-8-22(9-7-10)15(23)13-11(18)4-5-12(20)14(13)19/h4-5,10H,6-9H2,1-3H3,(H,21,24). The Labute approximate surface area is 159 Å². The average Bonchev–Trinajstić information content (AvgIpc) is 2.50. The maximum absolute atomic E-state index is 14.1. The summed E-state index contributed by atoms with van der Waals surface area (Å²) in [4.78, 5) is 25.6. The van der Waals surface area contributed by atoms with E-state index >= 15 is 0 Å². The Morgan fingerprint density at radius 2 is 1.84 bits per heavy atom. The third-order valence-electron chi connectivity index (χ3n) is 3.76. The van der Waals surface area contributed by atoms with Crippen molar-refractivity contribution in [3.05, 3.63) is 32.9 Å². The lowest BCUT2D eigenvalue weighted by atomic mass is 10.0. The van der Waals surface area contributed by atoms with Crippen molar-refractivity contribution in [2.24, 2.45) is 0 Å². The van der Waals surface area contributed by atoms with Crippen LogP contribution >= 0.6 is 22.6 Å². The molecule has 1 fully saturated rings. The molecule has 1 aliphatic heterocycles. The lowest BCUT2D eigenvalue weighted by Crippen LogP contribution is -2.47. The second kappa shape index (κ2) is 7.84. The molecule has 1 aromatic carbocycles. The second-order valence-electron chi connectivity index (χ2n) is 6.93. The monoisotopic (exact) mass is 466 g/mol. The van der Waals surface area contributed by atoms with Gasteiger partial charge >= 0.3 is 6.09 Å². The van der Waals surface area contributed by atoms with Crippen LogP contribution in [0, 0.1) is 15.2 Å². The quantitative estimate of drug-likeness (QED) is 0.535. The number of ether oxygens (including phenoxy) is 1. The summed E-state index contributed by atoms with van der Waals surface area (Å²) >= 11 is 1.72. The van der Waals surface area contributed by atoms with Gasteiger partial charge in [0.15, 0.2) is 5.82 Å². The number of alkyl carbamates (subject to hydrolysis) is 1. The van der Waals surface area contributed by atoms with Gasteiger partial charge in [0.25, 0.3) is 5.91 Å². The highest BCUT2D eigenvalue weighted by atomic mass is 127. The van der Waals surface area contributed by atoms with Crippen molar-refractivity contribution >= 4 is 34.6 Å². The fourth-order valence-corrected chi connectivity index (χ4v) is 3.03. The molecular weight excluding hydrogens is 445 g/mol. The highest BCUT2D eigenvalue weighted by Gasteiger charge is 2.29. The van der Waals surface area contributed by atoms with Crippen molar-refractivity contribution in [3.63, 3.8) is 0 Å². The van der Waals surface area contributed by atoms with Crippen LogP contribution in [0.2, 0.25) is 0 Å². The minimum atomic E-state index is -0.864. The zero-order chi connectivity index (χ0) is 18.8. The number of halogens is 3. The van der Waals surface area contributed by atoms with E-state index in [4.69, 9.17) is 4.74 Å². The number of rotatable bonds is 2. The lowest BCUT2D eigenvalue weighted by molar-refractivity contribution is 0.0473. The van der Waals surface area contributed by atoms with Crippen molar-refractivity contribution in [1.82, 2.24) is 10.2 Å². The van der Waals surface area contributed by atoms with E-state index in [1.54, 1.807) is 43.4 Å². The van der Waals surface area contributed by atoms with Gasteiger partial charge in [0.1, 0.15) is 17.0 Å². The summed E-state index contributed by atoms with van der Waals surface area (Å²) in [6, 6.07) is 2.25. The van der Waals surface area contributed by atoms with Crippen LogP contribution in [0.3, 0.4) is 0 Å². The molecule has 0 unspecified atom stereocenters. The molecule has 138 valence electrons. The lowest BCUT2D eigenvalue weighted by Gasteiger charge is -2.33. The van der Waals surface area contributed by atoms with Crippen LogP contribution < -0.4 is 5.32 Å². The molecule has 5 nitrogen and oxygen atoms in total. The first-order valence-corrected chi connectivity index (χ1v) is 9.08. The number of hydrogen-bond donors (Lipinski definition) is 1. The van der Waals surface area contributed by atoms with E-state index in [-0.39, 0.29) is 9.61 Å². The van der Waals surface area contributed by atoms with Crippen LogP contribution in [0.25, 0.3) is 0 Å². The molecule has 0 radical (unpaired) electrons. The number of benzene rings is 1. The average molecular weight is 466 g/mol. The summed E-state index contributed by atoms with van der Waals surface area (Å²) in [7, 11) is 0. The third-order valence-corrected chi connectivity index (χ3v) is 4.59. The number of likely N-dealkylation sites (tertiary alicyclic amines) is 1. The molecule has 0 aliphatic carbocycles. The van der Waals surface area contributed by atoms with Crippen LogP contribution in [0.15, 0.2) is 12.1 Å². The Kier molecular flexibility index (Phi) is 6.23. The molecule has 2 amide bonds. The summed E-state index contributed by atoms with van der Waals surface area (Å²) in [6.45, 7) is 5.95. The maximum Gasteiger partial charge on any atom is 0.407 e. The molecule has 1 aliphatic rings. The summed E-state index contributed by atoms with van der Waals surface area (Å²) in [5.41, 5.74) is -1.11. The predicted octanol–water partition coefficient (Wildman–Crippen LogP) is 3.70. The van der Waals surface area contributed by atoms with Gasteiger partial charge in [-0.25, -0.2) is 13.6 Å². The summed E-state index contributed by atoms with van der Waals surface area (Å²) < 4.78 is 33.4. The predicted molar refractivity (Wildman–Crippen MR) is 97.4 cm³/mol. The second-order valence-corrected chi connectivity index (χ2v) is 8.09. The van der Waals surface area contributed by atoms with Crippen molar-refractivity contribution in [3.8, 4) is 0 Å². The van der Waals surface area contributed by atoms with E-state index in [1.807, 2.05) is 0 Å². The van der Waals surface area contributed by atoms with Gasteiger partial charge in [-0.3, -0.25) is 4.79 Å². The van der Waals surface area contributed by atoms with Gasteiger partial charge in [-0.2, -0.15) is 0 Å². The first-order chi connectivity index (χ1) is 11.6. The molecule has 0 saturated carbocycles. The highest BCUT2D eigenvalue weighted by molar-refractivity contribution is 14.1. The topological polar surface area (TPSA) is 58.6 Å². The summed E-state index contributed by atoms with van der Waals surface area (Å²) in [5.74, 6) is -2.36. The molecule has 0 bridgehead atoms. The zero-order valence-corrected chi connectivity index (χ0v) is 16.5. The number of piperidine rings is 1. The summed E-state index contributed by atoms with van der Waals surface area (Å²) in [5, 5.41) is 2.76. The van der Waals surface area contributed by atoms with E-state index in [2.05, 4.69) is 5.32 Å². The van der Waals surface area contributed by atoms with Crippen LogP contribution in [-0.4, -0.2) is 41.6 Å². The van der Waals surface area contributed by atoms with Crippen molar-refractivity contribution in [2.45, 2.75) is 45.3 Å². The Morgan fingerprint density at radius 3 is 2.40 bits per heavy atom. The molecule has 1 saturated heterocycles. The van der Waals surface area contributed by atoms with Crippen LogP contribution in [0.1, 0.15) is 44.0 Å². The van der Waals surface area contributed by atoms with E-state index in [1.165, 1.54) is 11.0 Å². The van der Waals surface area contributed by atoms with Gasteiger partial charge in [-0.15, -0.1) is 0 Å². The van der Waals surface area contributed by atoms with E-state index in [0.29, 0.717) is 25.9 Å². The first kappa shape index (κ1) is 19.9. The molecule has 1 heterocycles. The van der Waals surface area contributed by atoms with Crippen molar-refractivity contribution in [2.75, 3.05) is 13.1 Å². The van der Waals surface area contributed by atoms with Gasteiger partial charge < -0.3 is 15.0 Å².